The molecule has 1 atom stereocenters. The maximum atomic E-state index is 9.38. The highest BCUT2D eigenvalue weighted by atomic mass is 16.3. The molecule has 2 rings (SSSR count). The summed E-state index contributed by atoms with van der Waals surface area (Å²) in [5.41, 5.74) is 9.22. The Balaban J connectivity index is 2.35. The predicted molar refractivity (Wildman–Crippen MR) is 47.7 cm³/mol. The first-order chi connectivity index (χ1) is 5.79. The van der Waals surface area contributed by atoms with Gasteiger partial charge < -0.3 is 10.8 Å². The number of hydrogen-bond acceptors (Lipinski definition) is 2. The van der Waals surface area contributed by atoms with Crippen LogP contribution in [0.2, 0.25) is 0 Å². The van der Waals surface area contributed by atoms with Crippen molar-refractivity contribution < 1.29 is 5.11 Å². The van der Waals surface area contributed by atoms with Gasteiger partial charge in [0.2, 0.25) is 0 Å². The molecule has 1 aromatic rings. The first kappa shape index (κ1) is 7.77. The van der Waals surface area contributed by atoms with E-state index in [1.807, 2.05) is 6.07 Å². The van der Waals surface area contributed by atoms with Gasteiger partial charge in [-0.05, 0) is 29.5 Å². The van der Waals surface area contributed by atoms with Crippen LogP contribution in [0.4, 0.5) is 0 Å². The van der Waals surface area contributed by atoms with Crippen LogP contribution in [-0.4, -0.2) is 11.2 Å². The average Bonchev–Trinajstić information content (AvgIpc) is 2.43. The van der Waals surface area contributed by atoms with Crippen LogP contribution in [0.25, 0.3) is 0 Å². The quantitative estimate of drug-likeness (QED) is 0.637. The van der Waals surface area contributed by atoms with Gasteiger partial charge in [-0.3, -0.25) is 0 Å². The summed E-state index contributed by atoms with van der Waals surface area (Å²) in [6, 6.07) is 6.22. The molecule has 0 aromatic heterocycles. The van der Waals surface area contributed by atoms with Crippen LogP contribution in [0.3, 0.4) is 0 Å². The lowest BCUT2D eigenvalue weighted by Gasteiger charge is -2.00. The Labute approximate surface area is 72.0 Å². The van der Waals surface area contributed by atoms with Crippen molar-refractivity contribution in [2.24, 2.45) is 5.73 Å². The Kier molecular flexibility index (Phi) is 1.87. The van der Waals surface area contributed by atoms with Gasteiger partial charge in [0, 0.05) is 6.54 Å². The first-order valence-corrected chi connectivity index (χ1v) is 4.28. The summed E-state index contributed by atoms with van der Waals surface area (Å²) in [6.07, 6.45) is 1.43. The van der Waals surface area contributed by atoms with Gasteiger partial charge in [-0.15, -0.1) is 0 Å². The molecular formula is C10H13NO. The minimum Gasteiger partial charge on any atom is -0.392 e. The molecular weight excluding hydrogens is 150 g/mol. The van der Waals surface area contributed by atoms with E-state index >= 15 is 0 Å². The van der Waals surface area contributed by atoms with E-state index in [1.54, 1.807) is 0 Å². The van der Waals surface area contributed by atoms with E-state index in [0.29, 0.717) is 6.54 Å². The molecule has 1 aliphatic rings. The zero-order valence-electron chi connectivity index (χ0n) is 6.96. The van der Waals surface area contributed by atoms with Crippen LogP contribution in [0.5, 0.6) is 0 Å². The molecule has 0 spiro atoms. The third-order valence-electron chi connectivity index (χ3n) is 2.42. The highest BCUT2D eigenvalue weighted by molar-refractivity contribution is 5.36. The summed E-state index contributed by atoms with van der Waals surface area (Å²) in [4.78, 5) is 0. The number of rotatable bonds is 1. The number of benzene rings is 1. The van der Waals surface area contributed by atoms with Crippen molar-refractivity contribution in [1.82, 2.24) is 0 Å². The van der Waals surface area contributed by atoms with Gasteiger partial charge in [-0.2, -0.15) is 0 Å². The number of fused-ring (bicyclic) bond motifs is 1. The largest absolute Gasteiger partial charge is 0.392 e. The van der Waals surface area contributed by atoms with Crippen LogP contribution in [-0.2, 0) is 19.4 Å². The van der Waals surface area contributed by atoms with E-state index in [4.69, 9.17) is 5.73 Å². The van der Waals surface area contributed by atoms with Gasteiger partial charge in [-0.1, -0.05) is 18.2 Å². The zero-order valence-corrected chi connectivity index (χ0v) is 6.96. The smallest absolute Gasteiger partial charge is 0.0621 e. The molecule has 2 nitrogen and oxygen atoms in total. The molecule has 64 valence electrons. The van der Waals surface area contributed by atoms with Crippen molar-refractivity contribution in [3.05, 3.63) is 34.9 Å². The molecule has 2 heteroatoms. The van der Waals surface area contributed by atoms with E-state index in [0.717, 1.165) is 18.4 Å². The monoisotopic (exact) mass is 163 g/mol. The minimum absolute atomic E-state index is 0.173. The number of aliphatic hydroxyl groups is 1. The highest BCUT2D eigenvalue weighted by Gasteiger charge is 2.18. The van der Waals surface area contributed by atoms with Crippen LogP contribution >= 0.6 is 0 Å². The molecule has 0 saturated carbocycles. The number of nitrogens with two attached hydrogens (primary N) is 1. The van der Waals surface area contributed by atoms with Gasteiger partial charge in [0.05, 0.1) is 6.10 Å². The molecule has 3 N–H and O–H groups in total. The van der Waals surface area contributed by atoms with Crippen molar-refractivity contribution in [3.63, 3.8) is 0 Å². The van der Waals surface area contributed by atoms with Gasteiger partial charge in [0.25, 0.3) is 0 Å². The van der Waals surface area contributed by atoms with E-state index < -0.39 is 0 Å². The van der Waals surface area contributed by atoms with Crippen molar-refractivity contribution in [2.75, 3.05) is 0 Å². The lowest BCUT2D eigenvalue weighted by Crippen LogP contribution is -2.03. The van der Waals surface area contributed by atoms with Crippen LogP contribution < -0.4 is 5.73 Å². The van der Waals surface area contributed by atoms with Gasteiger partial charge in [0.15, 0.2) is 0 Å². The summed E-state index contributed by atoms with van der Waals surface area (Å²) in [5.74, 6) is 0. The minimum atomic E-state index is -0.173. The number of hydrogen-bond donors (Lipinski definition) is 2. The topological polar surface area (TPSA) is 46.2 Å². The summed E-state index contributed by atoms with van der Waals surface area (Å²) < 4.78 is 0. The van der Waals surface area contributed by atoms with E-state index in [2.05, 4.69) is 12.1 Å². The maximum absolute atomic E-state index is 9.38. The molecule has 0 amide bonds. The average molecular weight is 163 g/mol. The van der Waals surface area contributed by atoms with Crippen LogP contribution in [0.15, 0.2) is 18.2 Å². The molecule has 0 aliphatic heterocycles. The van der Waals surface area contributed by atoms with E-state index in [9.17, 15) is 5.11 Å². The summed E-state index contributed by atoms with van der Waals surface area (Å²) in [6.45, 7) is 0.587. The molecule has 1 unspecified atom stereocenters. The zero-order chi connectivity index (χ0) is 8.55. The highest BCUT2D eigenvalue weighted by Crippen LogP contribution is 2.22. The normalized spacial score (nSPS) is 21.0. The van der Waals surface area contributed by atoms with Gasteiger partial charge in [0.1, 0.15) is 0 Å². The molecule has 12 heavy (non-hydrogen) atoms. The Morgan fingerprint density at radius 3 is 2.83 bits per heavy atom. The summed E-state index contributed by atoms with van der Waals surface area (Å²) in [5, 5.41) is 9.38. The lowest BCUT2D eigenvalue weighted by atomic mass is 10.1. The second-order valence-electron chi connectivity index (χ2n) is 3.37. The summed E-state index contributed by atoms with van der Waals surface area (Å²) >= 11 is 0. The van der Waals surface area contributed by atoms with Crippen molar-refractivity contribution in [3.8, 4) is 0 Å². The third kappa shape index (κ3) is 1.24. The molecule has 0 bridgehead atoms. The lowest BCUT2D eigenvalue weighted by molar-refractivity contribution is 0.187. The third-order valence-corrected chi connectivity index (χ3v) is 2.42. The SMILES string of the molecule is NCc1ccc2c(c1)CC(O)C2. The van der Waals surface area contributed by atoms with Crippen molar-refractivity contribution in [1.29, 1.82) is 0 Å². The van der Waals surface area contributed by atoms with E-state index in [-0.39, 0.29) is 6.10 Å². The van der Waals surface area contributed by atoms with Crippen LogP contribution in [0.1, 0.15) is 16.7 Å². The fourth-order valence-electron chi connectivity index (χ4n) is 1.78. The molecule has 0 fully saturated rings. The standard InChI is InChI=1S/C10H13NO/c11-6-7-1-2-8-4-10(12)5-9(8)3-7/h1-3,10,12H,4-6,11H2. The van der Waals surface area contributed by atoms with Crippen molar-refractivity contribution in [2.45, 2.75) is 25.5 Å². The van der Waals surface area contributed by atoms with Crippen molar-refractivity contribution >= 4 is 0 Å². The Hall–Kier alpha value is -0.860. The second-order valence-corrected chi connectivity index (χ2v) is 3.37. The van der Waals surface area contributed by atoms with Gasteiger partial charge in [-0.25, -0.2) is 0 Å². The molecule has 0 heterocycles. The van der Waals surface area contributed by atoms with Gasteiger partial charge >= 0.3 is 0 Å². The molecule has 0 saturated heterocycles. The Bertz CT molecular complexity index is 296. The van der Waals surface area contributed by atoms with Crippen LogP contribution in [0, 0.1) is 0 Å². The van der Waals surface area contributed by atoms with E-state index in [1.165, 1.54) is 11.1 Å². The molecule has 1 aromatic carbocycles. The number of aliphatic hydroxyl groups excluding tert-OH is 1. The predicted octanol–water partition coefficient (Wildman–Crippen LogP) is 0.605. The fourth-order valence-corrected chi connectivity index (χ4v) is 1.78. The Morgan fingerprint density at radius 2 is 2.08 bits per heavy atom. The molecule has 0 radical (unpaired) electrons. The second kappa shape index (κ2) is 2.88. The Morgan fingerprint density at radius 1 is 1.33 bits per heavy atom. The molecule has 1 aliphatic carbocycles. The summed E-state index contributed by atoms with van der Waals surface area (Å²) in [7, 11) is 0. The fraction of sp³-hybridized carbons (Fsp3) is 0.400. The maximum Gasteiger partial charge on any atom is 0.0621 e. The first-order valence-electron chi connectivity index (χ1n) is 4.28.